The summed E-state index contributed by atoms with van der Waals surface area (Å²) in [5.41, 5.74) is 0. The summed E-state index contributed by atoms with van der Waals surface area (Å²) in [6.07, 6.45) is 2.75. The van der Waals surface area contributed by atoms with Crippen LogP contribution in [0.1, 0.15) is 20.3 Å². The normalized spacial score (nSPS) is 14.2. The van der Waals surface area contributed by atoms with E-state index in [9.17, 15) is 4.21 Å². The minimum absolute atomic E-state index is 0.695. The lowest BCUT2D eigenvalue weighted by Gasteiger charge is -2.02. The number of rotatable bonds is 4. The van der Waals surface area contributed by atoms with Crippen LogP contribution in [0.2, 0.25) is 0 Å². The fourth-order valence-electron chi connectivity index (χ4n) is 0.491. The van der Waals surface area contributed by atoms with E-state index in [-0.39, 0.29) is 0 Å². The molecule has 0 amide bonds. The summed E-state index contributed by atoms with van der Waals surface area (Å²) in [6, 6.07) is 0. The summed E-state index contributed by atoms with van der Waals surface area (Å²) in [5.74, 6) is 0.695. The zero-order valence-corrected chi connectivity index (χ0v) is 7.12. The Kier molecular flexibility index (Phi) is 5.00. The van der Waals surface area contributed by atoms with Gasteiger partial charge in [0.1, 0.15) is 0 Å². The van der Waals surface area contributed by atoms with Crippen LogP contribution in [0.4, 0.5) is 0 Å². The summed E-state index contributed by atoms with van der Waals surface area (Å²) in [5, 5.41) is 0. The number of hydrogen-bond donors (Lipinski definition) is 1. The van der Waals surface area contributed by atoms with Gasteiger partial charge in [-0.3, -0.25) is 0 Å². The van der Waals surface area contributed by atoms with E-state index in [1.165, 1.54) is 0 Å². The minimum Gasteiger partial charge on any atom is -0.243 e. The first kappa shape index (κ1) is 9.11. The molecule has 0 aromatic carbocycles. The van der Waals surface area contributed by atoms with Crippen molar-refractivity contribution in [2.24, 2.45) is 5.92 Å². The van der Waals surface area contributed by atoms with E-state index in [0.717, 1.165) is 13.0 Å². The topological polar surface area (TPSA) is 29.1 Å². The van der Waals surface area contributed by atoms with Crippen LogP contribution in [0.25, 0.3) is 0 Å². The molecule has 0 aliphatic carbocycles. The van der Waals surface area contributed by atoms with Crippen LogP contribution in [-0.2, 0) is 11.0 Å². The van der Waals surface area contributed by atoms with Crippen molar-refractivity contribution >= 4 is 11.0 Å². The molecule has 0 aliphatic heterocycles. The van der Waals surface area contributed by atoms with Gasteiger partial charge in [-0.1, -0.05) is 13.8 Å². The van der Waals surface area contributed by atoms with Gasteiger partial charge in [-0.2, -0.15) is 0 Å². The van der Waals surface area contributed by atoms with E-state index in [2.05, 4.69) is 18.6 Å². The summed E-state index contributed by atoms with van der Waals surface area (Å²) in [7, 11) is -0.832. The summed E-state index contributed by atoms with van der Waals surface area (Å²) in [4.78, 5) is 0. The smallest absolute Gasteiger partial charge is 0.0883 e. The molecule has 0 rings (SSSR count). The van der Waals surface area contributed by atoms with Crippen molar-refractivity contribution in [1.82, 2.24) is 4.72 Å². The minimum atomic E-state index is -0.832. The Morgan fingerprint density at radius 3 is 2.44 bits per heavy atom. The number of hydrogen-bond acceptors (Lipinski definition) is 1. The van der Waals surface area contributed by atoms with Gasteiger partial charge in [-0.25, -0.2) is 8.93 Å². The van der Waals surface area contributed by atoms with E-state index >= 15 is 0 Å². The Morgan fingerprint density at radius 1 is 1.56 bits per heavy atom. The highest BCUT2D eigenvalue weighted by Gasteiger charge is 1.92. The van der Waals surface area contributed by atoms with Crippen molar-refractivity contribution in [1.29, 1.82) is 0 Å². The molecule has 0 saturated carbocycles. The van der Waals surface area contributed by atoms with E-state index in [1.807, 2.05) is 0 Å². The van der Waals surface area contributed by atoms with Crippen molar-refractivity contribution in [2.45, 2.75) is 20.3 Å². The van der Waals surface area contributed by atoms with Gasteiger partial charge in [0.2, 0.25) is 0 Å². The van der Waals surface area contributed by atoms with Crippen LogP contribution in [-0.4, -0.2) is 17.0 Å². The predicted molar refractivity (Wildman–Crippen MR) is 41.5 cm³/mol. The van der Waals surface area contributed by atoms with Crippen LogP contribution in [0.3, 0.4) is 0 Å². The van der Waals surface area contributed by atoms with E-state index < -0.39 is 11.0 Å². The van der Waals surface area contributed by atoms with Crippen molar-refractivity contribution in [3.05, 3.63) is 0 Å². The van der Waals surface area contributed by atoms with Gasteiger partial charge in [-0.05, 0) is 12.3 Å². The maximum atomic E-state index is 10.4. The van der Waals surface area contributed by atoms with E-state index in [0.29, 0.717) is 5.92 Å². The zero-order valence-electron chi connectivity index (χ0n) is 6.31. The Morgan fingerprint density at radius 2 is 2.11 bits per heavy atom. The van der Waals surface area contributed by atoms with Gasteiger partial charge in [-0.15, -0.1) is 0 Å². The third-order valence-corrected chi connectivity index (χ3v) is 1.64. The second-order valence-corrected chi connectivity index (χ2v) is 3.73. The molecule has 56 valence electrons. The van der Waals surface area contributed by atoms with Gasteiger partial charge >= 0.3 is 0 Å². The first-order valence-corrected chi connectivity index (χ1v) is 4.75. The fraction of sp³-hybridized carbons (Fsp3) is 1.00. The summed E-state index contributed by atoms with van der Waals surface area (Å²) < 4.78 is 13.3. The van der Waals surface area contributed by atoms with E-state index in [4.69, 9.17) is 0 Å². The molecule has 0 radical (unpaired) electrons. The van der Waals surface area contributed by atoms with Crippen molar-refractivity contribution < 1.29 is 4.21 Å². The molecule has 3 heteroatoms. The molecule has 0 aliphatic rings. The average Bonchev–Trinajstić information content (AvgIpc) is 1.63. The Hall–Kier alpha value is 0.110. The lowest BCUT2D eigenvalue weighted by atomic mass is 10.1. The molecule has 1 N–H and O–H groups in total. The lowest BCUT2D eigenvalue weighted by molar-refractivity contribution is 0.579. The molecule has 1 atom stereocenters. The van der Waals surface area contributed by atoms with Crippen LogP contribution in [0.15, 0.2) is 0 Å². The van der Waals surface area contributed by atoms with Gasteiger partial charge in [0, 0.05) is 12.8 Å². The second kappa shape index (κ2) is 4.94. The monoisotopic (exact) mass is 149 g/mol. The largest absolute Gasteiger partial charge is 0.243 e. The highest BCUT2D eigenvalue weighted by atomic mass is 32.2. The van der Waals surface area contributed by atoms with Gasteiger partial charge < -0.3 is 0 Å². The van der Waals surface area contributed by atoms with Crippen LogP contribution < -0.4 is 4.72 Å². The quantitative estimate of drug-likeness (QED) is 0.632. The van der Waals surface area contributed by atoms with Gasteiger partial charge in [0.25, 0.3) is 0 Å². The maximum Gasteiger partial charge on any atom is 0.0883 e. The standard InChI is InChI=1S/C6H15NOS/c1-6(2)4-5-7-9(3)8/h6-7H,4-5H2,1-3H3/t9-/m0/s1. The molecule has 0 saturated heterocycles. The molecule has 2 nitrogen and oxygen atoms in total. The van der Waals surface area contributed by atoms with Gasteiger partial charge in [0.15, 0.2) is 0 Å². The summed E-state index contributed by atoms with van der Waals surface area (Å²) >= 11 is 0. The SMILES string of the molecule is CC(C)CCN[S@](C)=O. The van der Waals surface area contributed by atoms with Gasteiger partial charge in [0.05, 0.1) is 11.0 Å². The summed E-state index contributed by atoms with van der Waals surface area (Å²) in [6.45, 7) is 5.17. The van der Waals surface area contributed by atoms with Crippen molar-refractivity contribution in [2.75, 3.05) is 12.8 Å². The molecular weight excluding hydrogens is 134 g/mol. The van der Waals surface area contributed by atoms with Crippen molar-refractivity contribution in [3.63, 3.8) is 0 Å². The van der Waals surface area contributed by atoms with E-state index in [1.54, 1.807) is 6.26 Å². The van der Waals surface area contributed by atoms with Crippen LogP contribution >= 0.6 is 0 Å². The highest BCUT2D eigenvalue weighted by molar-refractivity contribution is 7.82. The second-order valence-electron chi connectivity index (χ2n) is 2.53. The Bertz CT molecular complexity index is 93.1. The fourth-order valence-corrected chi connectivity index (χ4v) is 0.897. The number of nitrogens with one attached hydrogen (secondary N) is 1. The Balaban J connectivity index is 3.01. The van der Waals surface area contributed by atoms with Crippen molar-refractivity contribution in [3.8, 4) is 0 Å². The average molecular weight is 149 g/mol. The maximum absolute atomic E-state index is 10.4. The predicted octanol–water partition coefficient (Wildman–Crippen LogP) is 0.916. The molecule has 0 unspecified atom stereocenters. The molecule has 0 heterocycles. The van der Waals surface area contributed by atoms with Crippen LogP contribution in [0.5, 0.6) is 0 Å². The molecular formula is C6H15NOS. The Labute approximate surface area is 59.6 Å². The molecule has 0 aromatic rings. The first-order valence-electron chi connectivity index (χ1n) is 3.20. The molecule has 0 spiro atoms. The highest BCUT2D eigenvalue weighted by Crippen LogP contribution is 1.95. The zero-order chi connectivity index (χ0) is 7.28. The lowest BCUT2D eigenvalue weighted by Crippen LogP contribution is -2.18. The molecule has 0 bridgehead atoms. The third-order valence-electron chi connectivity index (χ3n) is 1.03. The van der Waals surface area contributed by atoms with Crippen LogP contribution in [0, 0.1) is 5.92 Å². The molecule has 0 fully saturated rings. The third kappa shape index (κ3) is 8.11. The molecule has 0 aromatic heterocycles. The first-order chi connectivity index (χ1) is 4.13. The molecule has 9 heavy (non-hydrogen) atoms.